The quantitative estimate of drug-likeness (QED) is 0.00886. The molecule has 1 aliphatic carbocycles. The van der Waals surface area contributed by atoms with E-state index < -0.39 is 156 Å². The van der Waals surface area contributed by atoms with Crippen molar-refractivity contribution in [2.45, 2.75) is 402 Å². The van der Waals surface area contributed by atoms with Crippen molar-refractivity contribution in [2.75, 3.05) is 26.4 Å². The first-order valence-electron chi connectivity index (χ1n) is 38.4. The zero-order valence-electron chi connectivity index (χ0n) is 60.2. The van der Waals surface area contributed by atoms with Crippen molar-refractivity contribution in [1.29, 1.82) is 0 Å². The highest BCUT2D eigenvalue weighted by Crippen LogP contribution is 2.49. The number of carbonyl (C=O) groups excluding carboxylic acids is 3. The highest BCUT2D eigenvalue weighted by molar-refractivity contribution is 7.47. The number of allylic oxidation sites excluding steroid dienone is 2. The molecular formula is C73H135O24P. The van der Waals surface area contributed by atoms with Crippen molar-refractivity contribution in [1.82, 2.24) is 0 Å². The van der Waals surface area contributed by atoms with E-state index in [2.05, 4.69) is 39.8 Å². The molecule has 3 rings (SSSR count). The van der Waals surface area contributed by atoms with Gasteiger partial charge in [0.25, 0.3) is 0 Å². The highest BCUT2D eigenvalue weighted by atomic mass is 31.2. The molecule has 19 unspecified atom stereocenters. The first kappa shape index (κ1) is 89.9. The molecule has 0 aromatic heterocycles. The Morgan fingerprint density at radius 2 is 0.776 bits per heavy atom. The summed E-state index contributed by atoms with van der Waals surface area (Å²) in [6.45, 7) is 5.75. The number of carbonyl (C=O) groups is 3. The topological polar surface area (TPSA) is 374 Å². The first-order valence-corrected chi connectivity index (χ1v) is 39.9. The van der Waals surface area contributed by atoms with Gasteiger partial charge in [-0.05, 0) is 50.9 Å². The molecule has 3 fully saturated rings. The van der Waals surface area contributed by atoms with Crippen LogP contribution in [0.4, 0.5) is 0 Å². The second-order valence-corrected chi connectivity index (χ2v) is 29.4. The molecule has 2 heterocycles. The summed E-state index contributed by atoms with van der Waals surface area (Å²) in [7, 11) is -5.69. The standard InChI is InChI=1S/C73H135O24P/c1-5-8-11-14-17-19-21-23-24-25-27-28-30-36-41-46-57(75)89-50-54(92-59(77)48-43-38-31-29-26-22-20-18-15-12-9-6-2)51-91-98(87,88)97-71-69(95-72-67(85)62(80)60(78)55(49-74)93-72)65(83)64(82)66(84)70(71)96-73-68(86)63(81)61(79)56(94-73)52-90-58(76)47-42-37-33-32-35-40-45-53(4)44-39-34-16-13-10-7-3/h19,21,53-56,60-74,78-86H,5-18,20,22-52H2,1-4H3,(H,87,88)/b21-19-. The third-order valence-electron chi connectivity index (χ3n) is 19.2. The van der Waals surface area contributed by atoms with Crippen LogP contribution in [0, 0.1) is 5.92 Å². The van der Waals surface area contributed by atoms with Crippen LogP contribution in [0.1, 0.15) is 297 Å². The molecule has 0 amide bonds. The largest absolute Gasteiger partial charge is 0.472 e. The predicted octanol–water partition coefficient (Wildman–Crippen LogP) is 10.6. The lowest BCUT2D eigenvalue weighted by Crippen LogP contribution is -2.69. The average molecular weight is 1430 g/mol. The Morgan fingerprint density at radius 1 is 0.418 bits per heavy atom. The fourth-order valence-electron chi connectivity index (χ4n) is 12.8. The summed E-state index contributed by atoms with van der Waals surface area (Å²) in [4.78, 5) is 51.0. The monoisotopic (exact) mass is 1430 g/mol. The number of phosphoric acid groups is 1. The van der Waals surface area contributed by atoms with Crippen LogP contribution >= 0.6 is 7.82 Å². The van der Waals surface area contributed by atoms with Gasteiger partial charge < -0.3 is 89.1 Å². The van der Waals surface area contributed by atoms with Crippen molar-refractivity contribution < 1.29 is 117 Å². The second-order valence-electron chi connectivity index (χ2n) is 28.0. The molecule has 1 saturated carbocycles. The van der Waals surface area contributed by atoms with Crippen LogP contribution < -0.4 is 0 Å². The normalized spacial score (nSPS) is 28.0. The Morgan fingerprint density at radius 3 is 1.21 bits per heavy atom. The summed E-state index contributed by atoms with van der Waals surface area (Å²) >= 11 is 0. The maximum Gasteiger partial charge on any atom is 0.472 e. The van der Waals surface area contributed by atoms with Crippen LogP contribution in [0.3, 0.4) is 0 Å². The number of phosphoric ester groups is 1. The van der Waals surface area contributed by atoms with Gasteiger partial charge in [0.1, 0.15) is 98.7 Å². The number of unbranched alkanes of at least 4 members (excludes halogenated alkanes) is 32. The Bertz CT molecular complexity index is 2090. The van der Waals surface area contributed by atoms with E-state index in [0.717, 1.165) is 116 Å². The first-order chi connectivity index (χ1) is 47.2. The lowest BCUT2D eigenvalue weighted by atomic mass is 9.84. The molecule has 2 aliphatic heterocycles. The van der Waals surface area contributed by atoms with Gasteiger partial charge in [0, 0.05) is 19.3 Å². The molecule has 0 spiro atoms. The maximum absolute atomic E-state index is 14.3. The average Bonchev–Trinajstić information content (AvgIpc) is 0.762. The van der Waals surface area contributed by atoms with E-state index >= 15 is 0 Å². The summed E-state index contributed by atoms with van der Waals surface area (Å²) in [5.41, 5.74) is 0. The Balaban J connectivity index is 1.73. The van der Waals surface area contributed by atoms with Gasteiger partial charge in [-0.15, -0.1) is 0 Å². The third kappa shape index (κ3) is 37.4. The molecule has 576 valence electrons. The van der Waals surface area contributed by atoms with E-state index in [1.165, 1.54) is 116 Å². The zero-order chi connectivity index (χ0) is 71.9. The fraction of sp³-hybridized carbons (Fsp3) is 0.932. The Hall–Kier alpha value is -2.30. The molecule has 25 heteroatoms. The molecule has 3 aliphatic rings. The SMILES string of the molecule is CCCCCC/C=C\CCCCCCCCCC(=O)OCC(COP(=O)(O)OC1C(OC2OC(CO)C(O)C(O)C2O)C(O)C(O)C(O)C1OC1OC(COC(=O)CCCCCCCCC(C)CCCCCCCC)C(O)C(O)C1O)OC(=O)CCCCCCCCCCCCCC. The predicted molar refractivity (Wildman–Crippen MR) is 370 cm³/mol. The van der Waals surface area contributed by atoms with Crippen molar-refractivity contribution in [3.05, 3.63) is 12.2 Å². The molecule has 19 atom stereocenters. The number of hydrogen-bond acceptors (Lipinski definition) is 23. The van der Waals surface area contributed by atoms with Crippen molar-refractivity contribution in [2.24, 2.45) is 5.92 Å². The molecule has 0 bridgehead atoms. The Kier molecular flexibility index (Phi) is 49.9. The van der Waals surface area contributed by atoms with Crippen LogP contribution in [0.25, 0.3) is 0 Å². The molecule has 24 nitrogen and oxygen atoms in total. The molecular weight excluding hydrogens is 1290 g/mol. The number of aliphatic hydroxyl groups is 10. The lowest BCUT2D eigenvalue weighted by Gasteiger charge is -2.49. The van der Waals surface area contributed by atoms with Gasteiger partial charge in [0.15, 0.2) is 18.7 Å². The molecule has 98 heavy (non-hydrogen) atoms. The summed E-state index contributed by atoms with van der Waals surface area (Å²) in [6.07, 6.45) is 11.4. The smallest absolute Gasteiger partial charge is 0.463 e. The molecule has 11 N–H and O–H groups in total. The van der Waals surface area contributed by atoms with E-state index in [9.17, 15) is 74.9 Å². The van der Waals surface area contributed by atoms with E-state index in [4.69, 9.17) is 42.2 Å². The van der Waals surface area contributed by atoms with Crippen LogP contribution in [0.5, 0.6) is 0 Å². The minimum Gasteiger partial charge on any atom is -0.463 e. The van der Waals surface area contributed by atoms with Gasteiger partial charge in [-0.1, -0.05) is 245 Å². The number of esters is 3. The molecule has 0 radical (unpaired) electrons. The summed E-state index contributed by atoms with van der Waals surface area (Å²) < 4.78 is 65.1. The fourth-order valence-corrected chi connectivity index (χ4v) is 13.8. The van der Waals surface area contributed by atoms with Crippen LogP contribution in [0.2, 0.25) is 0 Å². The number of aliphatic hydroxyl groups excluding tert-OH is 10. The van der Waals surface area contributed by atoms with Gasteiger partial charge in [-0.2, -0.15) is 0 Å². The third-order valence-corrected chi connectivity index (χ3v) is 20.2. The maximum atomic E-state index is 14.3. The second kappa shape index (κ2) is 54.3. The van der Waals surface area contributed by atoms with Gasteiger partial charge in [0.2, 0.25) is 0 Å². The van der Waals surface area contributed by atoms with Crippen LogP contribution in [-0.4, -0.2) is 204 Å². The van der Waals surface area contributed by atoms with Crippen molar-refractivity contribution in [3.8, 4) is 0 Å². The van der Waals surface area contributed by atoms with Gasteiger partial charge >= 0.3 is 25.7 Å². The minimum absolute atomic E-state index is 0.0297. The van der Waals surface area contributed by atoms with Crippen molar-refractivity contribution in [3.63, 3.8) is 0 Å². The Labute approximate surface area is 586 Å². The van der Waals surface area contributed by atoms with Gasteiger partial charge in [-0.3, -0.25) is 23.4 Å². The van der Waals surface area contributed by atoms with E-state index in [0.29, 0.717) is 25.2 Å². The lowest BCUT2D eigenvalue weighted by molar-refractivity contribution is -0.360. The van der Waals surface area contributed by atoms with Gasteiger partial charge in [-0.25, -0.2) is 4.57 Å². The van der Waals surface area contributed by atoms with Crippen molar-refractivity contribution >= 4 is 25.7 Å². The van der Waals surface area contributed by atoms with E-state index in [-0.39, 0.29) is 19.3 Å². The molecule has 0 aromatic rings. The summed E-state index contributed by atoms with van der Waals surface area (Å²) in [5.74, 6) is -1.29. The summed E-state index contributed by atoms with van der Waals surface area (Å²) in [6, 6.07) is 0. The van der Waals surface area contributed by atoms with E-state index in [1.807, 2.05) is 0 Å². The number of hydrogen-bond donors (Lipinski definition) is 11. The number of rotatable bonds is 59. The minimum atomic E-state index is -5.69. The van der Waals surface area contributed by atoms with Crippen LogP contribution in [0.15, 0.2) is 12.2 Å². The van der Waals surface area contributed by atoms with Gasteiger partial charge in [0.05, 0.1) is 13.2 Å². The zero-order valence-corrected chi connectivity index (χ0v) is 61.1. The van der Waals surface area contributed by atoms with E-state index in [1.54, 1.807) is 0 Å². The highest BCUT2D eigenvalue weighted by Gasteiger charge is 2.58. The number of ether oxygens (including phenoxy) is 7. The summed E-state index contributed by atoms with van der Waals surface area (Å²) in [5, 5.41) is 110. The van der Waals surface area contributed by atoms with Crippen LogP contribution in [-0.2, 0) is 61.2 Å². The molecule has 2 saturated heterocycles. The molecule has 0 aromatic carbocycles.